The quantitative estimate of drug-likeness (QED) is 0.135. The monoisotopic (exact) mass is 484 g/mol. The lowest BCUT2D eigenvalue weighted by Crippen LogP contribution is -2.50. The van der Waals surface area contributed by atoms with Crippen molar-refractivity contribution in [3.05, 3.63) is 46.6 Å². The smallest absolute Gasteiger partial charge is 0.273 e. The molecule has 1 aromatic carbocycles. The van der Waals surface area contributed by atoms with Crippen molar-refractivity contribution in [3.8, 4) is 11.5 Å². The number of carbonyl (C=O) groups is 2. The molecule has 0 radical (unpaired) electrons. The van der Waals surface area contributed by atoms with Gasteiger partial charge >= 0.3 is 0 Å². The summed E-state index contributed by atoms with van der Waals surface area (Å²) in [4.78, 5) is 32.3. The van der Waals surface area contributed by atoms with E-state index >= 15 is 0 Å². The number of hydrogen-bond donors (Lipinski definition) is 4. The number of nitrogens with zero attached hydrogens (tertiary/aromatic N) is 3. The summed E-state index contributed by atoms with van der Waals surface area (Å²) in [7, 11) is 0. The van der Waals surface area contributed by atoms with Crippen molar-refractivity contribution >= 4 is 24.2 Å². The Balaban J connectivity index is 1.62. The van der Waals surface area contributed by atoms with Crippen molar-refractivity contribution in [1.82, 2.24) is 15.1 Å². The minimum absolute atomic E-state index is 0.172. The van der Waals surface area contributed by atoms with E-state index in [1.165, 1.54) is 11.8 Å². The maximum atomic E-state index is 12.5. The molecule has 1 aromatic rings. The third kappa shape index (κ3) is 6.11. The SMILES string of the molecule is CC/C(NC=NCc1cccc2c1OCCO2)=C(/C=O)N1CCN(C(=O)/C(N)=C(\O)C(C)=N)CC1. The molecule has 35 heavy (non-hydrogen) atoms. The van der Waals surface area contributed by atoms with Gasteiger partial charge in [-0.05, 0) is 19.4 Å². The van der Waals surface area contributed by atoms with Gasteiger partial charge in [0.05, 0.1) is 24.3 Å². The number of allylic oxidation sites excluding steroid dienone is 3. The van der Waals surface area contributed by atoms with Crippen LogP contribution in [0.3, 0.4) is 0 Å². The van der Waals surface area contributed by atoms with Crippen LogP contribution in [0.25, 0.3) is 0 Å². The lowest BCUT2D eigenvalue weighted by atomic mass is 10.2. The molecule has 0 unspecified atom stereocenters. The van der Waals surface area contributed by atoms with Gasteiger partial charge < -0.3 is 40.8 Å². The van der Waals surface area contributed by atoms with Gasteiger partial charge in [0.25, 0.3) is 5.91 Å². The molecule has 2 aliphatic heterocycles. The lowest BCUT2D eigenvalue weighted by Gasteiger charge is -2.36. The first-order valence-electron chi connectivity index (χ1n) is 11.5. The van der Waals surface area contributed by atoms with Gasteiger partial charge in [-0.1, -0.05) is 19.1 Å². The van der Waals surface area contributed by atoms with Gasteiger partial charge in [0, 0.05) is 37.4 Å². The predicted octanol–water partition coefficient (Wildman–Crippen LogP) is 1.31. The Kier molecular flexibility index (Phi) is 8.71. The molecule has 1 saturated heterocycles. The maximum absolute atomic E-state index is 12.5. The number of aldehydes is 1. The molecule has 0 aromatic heterocycles. The minimum atomic E-state index is -0.524. The highest BCUT2D eigenvalue weighted by Gasteiger charge is 2.26. The number of aliphatic imine (C=N–C) groups is 1. The fraction of sp³-hybridized carbons (Fsp3) is 0.417. The van der Waals surface area contributed by atoms with Gasteiger partial charge in [-0.25, -0.2) is 0 Å². The number of hydrogen-bond acceptors (Lipinski definition) is 9. The highest BCUT2D eigenvalue weighted by molar-refractivity contribution is 6.03. The minimum Gasteiger partial charge on any atom is -0.504 e. The Morgan fingerprint density at radius 2 is 1.91 bits per heavy atom. The summed E-state index contributed by atoms with van der Waals surface area (Å²) < 4.78 is 11.3. The first-order chi connectivity index (χ1) is 16.9. The number of carbonyl (C=O) groups excluding carboxylic acids is 2. The Labute approximate surface area is 204 Å². The number of para-hydroxylation sites is 1. The van der Waals surface area contributed by atoms with E-state index in [1.807, 2.05) is 30.0 Å². The number of piperazine rings is 1. The number of benzene rings is 1. The van der Waals surface area contributed by atoms with Crippen LogP contribution >= 0.6 is 0 Å². The summed E-state index contributed by atoms with van der Waals surface area (Å²) in [6.07, 6.45) is 2.95. The molecule has 2 aliphatic rings. The predicted molar refractivity (Wildman–Crippen MR) is 132 cm³/mol. The molecule has 188 valence electrons. The van der Waals surface area contributed by atoms with Gasteiger partial charge in [-0.15, -0.1) is 0 Å². The van der Waals surface area contributed by atoms with Crippen LogP contribution in [0.4, 0.5) is 0 Å². The highest BCUT2D eigenvalue weighted by Crippen LogP contribution is 2.33. The van der Waals surface area contributed by atoms with Gasteiger partial charge in [0.15, 0.2) is 23.5 Å². The fourth-order valence-corrected chi connectivity index (χ4v) is 3.84. The van der Waals surface area contributed by atoms with Crippen molar-refractivity contribution < 1.29 is 24.2 Å². The van der Waals surface area contributed by atoms with E-state index in [2.05, 4.69) is 10.3 Å². The van der Waals surface area contributed by atoms with E-state index in [9.17, 15) is 14.7 Å². The van der Waals surface area contributed by atoms with Crippen molar-refractivity contribution in [1.29, 1.82) is 5.41 Å². The molecule has 3 rings (SSSR count). The third-order valence-electron chi connectivity index (χ3n) is 5.76. The van der Waals surface area contributed by atoms with Crippen LogP contribution in [0.2, 0.25) is 0 Å². The second-order valence-corrected chi connectivity index (χ2v) is 8.06. The molecule has 11 nitrogen and oxygen atoms in total. The molecule has 0 atom stereocenters. The summed E-state index contributed by atoms with van der Waals surface area (Å²) in [6, 6.07) is 5.70. The third-order valence-corrected chi connectivity index (χ3v) is 5.76. The number of amides is 1. The molecule has 1 fully saturated rings. The fourth-order valence-electron chi connectivity index (χ4n) is 3.84. The molecule has 0 aliphatic carbocycles. The van der Waals surface area contributed by atoms with Gasteiger partial charge in [-0.2, -0.15) is 0 Å². The van der Waals surface area contributed by atoms with Crippen LogP contribution in [0.5, 0.6) is 11.5 Å². The van der Waals surface area contributed by atoms with Crippen molar-refractivity contribution in [2.24, 2.45) is 10.7 Å². The van der Waals surface area contributed by atoms with E-state index < -0.39 is 11.7 Å². The number of aliphatic hydroxyl groups is 1. The molecule has 2 heterocycles. The molecule has 1 amide bonds. The first kappa shape index (κ1) is 25.6. The molecule has 11 heteroatoms. The zero-order valence-corrected chi connectivity index (χ0v) is 20.0. The number of ether oxygens (including phenoxy) is 2. The zero-order valence-electron chi connectivity index (χ0n) is 20.0. The molecular weight excluding hydrogens is 452 g/mol. The Morgan fingerprint density at radius 3 is 2.57 bits per heavy atom. The van der Waals surface area contributed by atoms with Crippen LogP contribution in [0.1, 0.15) is 25.8 Å². The zero-order chi connectivity index (χ0) is 25.4. The van der Waals surface area contributed by atoms with E-state index in [-0.39, 0.29) is 11.4 Å². The first-order valence-corrected chi connectivity index (χ1v) is 11.5. The number of rotatable bonds is 9. The van der Waals surface area contributed by atoms with Crippen LogP contribution in [0.15, 0.2) is 46.0 Å². The Morgan fingerprint density at radius 1 is 1.23 bits per heavy atom. The van der Waals surface area contributed by atoms with Gasteiger partial charge in [0.1, 0.15) is 18.9 Å². The van der Waals surface area contributed by atoms with Gasteiger partial charge in [0.2, 0.25) is 0 Å². The number of aliphatic hydroxyl groups excluding tert-OH is 1. The highest BCUT2D eigenvalue weighted by atomic mass is 16.6. The van der Waals surface area contributed by atoms with Gasteiger partial charge in [-0.3, -0.25) is 14.6 Å². The summed E-state index contributed by atoms with van der Waals surface area (Å²) in [5, 5.41) is 20.4. The summed E-state index contributed by atoms with van der Waals surface area (Å²) >= 11 is 0. The lowest BCUT2D eigenvalue weighted by molar-refractivity contribution is -0.128. The number of nitrogens with two attached hydrogens (primary N) is 1. The van der Waals surface area contributed by atoms with E-state index in [0.29, 0.717) is 69.6 Å². The second kappa shape index (κ2) is 11.9. The maximum Gasteiger partial charge on any atom is 0.273 e. The molecule has 0 spiro atoms. The summed E-state index contributed by atoms with van der Waals surface area (Å²) in [6.45, 7) is 6.22. The van der Waals surface area contributed by atoms with E-state index in [0.717, 1.165) is 17.5 Å². The van der Waals surface area contributed by atoms with Crippen LogP contribution in [-0.2, 0) is 16.1 Å². The molecular formula is C24H32N6O5. The normalized spacial score (nSPS) is 17.0. The van der Waals surface area contributed by atoms with Crippen molar-refractivity contribution in [2.45, 2.75) is 26.8 Å². The molecule has 5 N–H and O–H groups in total. The van der Waals surface area contributed by atoms with Crippen LogP contribution in [0, 0.1) is 5.41 Å². The molecule has 0 bridgehead atoms. The summed E-state index contributed by atoms with van der Waals surface area (Å²) in [5.74, 6) is 0.386. The standard InChI is InChI=1S/C24H32N6O5/c1-3-18(28-15-27-13-17-5-4-6-20-23(17)35-12-11-34-20)19(14-31)29-7-9-30(10-8-29)24(33)21(26)22(32)16(2)25/h4-6,14-15,25,32H,3,7-13,26H2,1-2H3,(H,27,28)/b19-18+,22-21+,25-16?. The van der Waals surface area contributed by atoms with Crippen LogP contribution < -0.4 is 20.5 Å². The van der Waals surface area contributed by atoms with Crippen LogP contribution in [-0.4, -0.2) is 78.5 Å². The Hall–Kier alpha value is -4.02. The largest absolute Gasteiger partial charge is 0.504 e. The Bertz CT molecular complexity index is 1060. The van der Waals surface area contributed by atoms with Crippen molar-refractivity contribution in [2.75, 3.05) is 39.4 Å². The second-order valence-electron chi connectivity index (χ2n) is 8.06. The summed E-state index contributed by atoms with van der Waals surface area (Å²) in [5.41, 5.74) is 7.32. The topological polar surface area (TPSA) is 154 Å². The number of nitrogens with one attached hydrogen (secondary N) is 2. The number of fused-ring (bicyclic) bond motifs is 1. The molecule has 0 saturated carbocycles. The average molecular weight is 485 g/mol. The average Bonchev–Trinajstić information content (AvgIpc) is 2.89. The van der Waals surface area contributed by atoms with Crippen molar-refractivity contribution in [3.63, 3.8) is 0 Å². The van der Waals surface area contributed by atoms with E-state index in [1.54, 1.807) is 6.34 Å². The van der Waals surface area contributed by atoms with E-state index in [4.69, 9.17) is 20.6 Å².